The van der Waals surface area contributed by atoms with Crippen LogP contribution in [0.3, 0.4) is 0 Å². The number of hydrogen-bond donors (Lipinski definition) is 0. The van der Waals surface area contributed by atoms with Crippen molar-refractivity contribution < 1.29 is 19.0 Å². The minimum Gasteiger partial charge on any atom is -0.493 e. The number of carbonyl (C=O) groups excluding carboxylic acids is 1. The smallest absolute Gasteiger partial charge is 0.252 e. The van der Waals surface area contributed by atoms with E-state index in [-0.39, 0.29) is 5.91 Å². The third-order valence-corrected chi connectivity index (χ3v) is 6.48. The van der Waals surface area contributed by atoms with Crippen molar-refractivity contribution >= 4 is 38.7 Å². The maximum atomic E-state index is 13.3. The Morgan fingerprint density at radius 1 is 1.00 bits per heavy atom. The lowest BCUT2D eigenvalue weighted by molar-refractivity contribution is -0.114. The molecule has 0 bridgehead atoms. The van der Waals surface area contributed by atoms with Crippen LogP contribution in [0, 0.1) is 0 Å². The van der Waals surface area contributed by atoms with Crippen molar-refractivity contribution in [2.75, 3.05) is 52.4 Å². The summed E-state index contributed by atoms with van der Waals surface area (Å²) in [6, 6.07) is 11.5. The highest BCUT2D eigenvalue weighted by atomic mass is 32.1. The van der Waals surface area contributed by atoms with Gasteiger partial charge < -0.3 is 19.1 Å². The average molecular weight is 470 g/mol. The van der Waals surface area contributed by atoms with Gasteiger partial charge in [-0.1, -0.05) is 37.3 Å². The molecular weight excluding hydrogens is 438 g/mol. The van der Waals surface area contributed by atoms with Gasteiger partial charge in [-0.15, -0.1) is 0 Å². The van der Waals surface area contributed by atoms with Crippen LogP contribution in [0.2, 0.25) is 0 Å². The molecule has 176 valence electrons. The second-order valence-corrected chi connectivity index (χ2v) is 8.28. The Morgan fingerprint density at radius 2 is 1.67 bits per heavy atom. The number of amides is 1. The molecule has 0 aliphatic rings. The van der Waals surface area contributed by atoms with Crippen molar-refractivity contribution in [3.8, 4) is 17.2 Å². The summed E-state index contributed by atoms with van der Waals surface area (Å²) in [5.74, 6) is 1.45. The molecule has 8 heteroatoms. The summed E-state index contributed by atoms with van der Waals surface area (Å²) >= 11 is 1.52. The van der Waals surface area contributed by atoms with E-state index in [1.165, 1.54) is 11.3 Å². The Bertz CT molecular complexity index is 1050. The van der Waals surface area contributed by atoms with Crippen molar-refractivity contribution in [1.29, 1.82) is 0 Å². The quantitative estimate of drug-likeness (QED) is 0.379. The lowest BCUT2D eigenvalue weighted by Crippen LogP contribution is -2.38. The zero-order valence-electron chi connectivity index (χ0n) is 19.8. The van der Waals surface area contributed by atoms with Gasteiger partial charge in [0.25, 0.3) is 5.91 Å². The Morgan fingerprint density at radius 3 is 2.24 bits per heavy atom. The second-order valence-electron chi connectivity index (χ2n) is 7.27. The van der Waals surface area contributed by atoms with Gasteiger partial charge >= 0.3 is 0 Å². The van der Waals surface area contributed by atoms with Gasteiger partial charge in [-0.25, -0.2) is 4.98 Å². The number of hydrogen-bond acceptors (Lipinski definition) is 7. The highest BCUT2D eigenvalue weighted by molar-refractivity contribution is 7.22. The number of nitrogens with zero attached hydrogens (tertiary/aromatic N) is 3. The lowest BCUT2D eigenvalue weighted by Gasteiger charge is -2.23. The van der Waals surface area contributed by atoms with Gasteiger partial charge in [-0.05, 0) is 49.0 Å². The zero-order valence-corrected chi connectivity index (χ0v) is 20.6. The van der Waals surface area contributed by atoms with Crippen LogP contribution in [0.5, 0.6) is 17.2 Å². The first-order valence-corrected chi connectivity index (χ1v) is 11.7. The number of rotatable bonds is 11. The monoisotopic (exact) mass is 469 g/mol. The fourth-order valence-corrected chi connectivity index (χ4v) is 4.51. The summed E-state index contributed by atoms with van der Waals surface area (Å²) in [7, 11) is 4.70. The fraction of sp³-hybridized carbons (Fsp3) is 0.360. The molecule has 0 saturated carbocycles. The minimum absolute atomic E-state index is 0.130. The molecule has 0 aliphatic carbocycles. The van der Waals surface area contributed by atoms with E-state index in [1.807, 2.05) is 36.4 Å². The number of fused-ring (bicyclic) bond motifs is 1. The van der Waals surface area contributed by atoms with Gasteiger partial charge in [0.1, 0.15) is 0 Å². The summed E-state index contributed by atoms with van der Waals surface area (Å²) in [6.07, 6.45) is 3.32. The molecule has 0 saturated heterocycles. The maximum absolute atomic E-state index is 13.3. The molecule has 0 unspecified atom stereocenters. The number of thiazole rings is 1. The molecule has 7 nitrogen and oxygen atoms in total. The molecule has 0 atom stereocenters. The zero-order chi connectivity index (χ0) is 23.8. The first kappa shape index (κ1) is 24.5. The lowest BCUT2D eigenvalue weighted by atomic mass is 10.1. The van der Waals surface area contributed by atoms with E-state index in [0.717, 1.165) is 35.4 Å². The van der Waals surface area contributed by atoms with Crippen LogP contribution in [-0.2, 0) is 4.79 Å². The summed E-state index contributed by atoms with van der Waals surface area (Å²) in [5.41, 5.74) is 1.66. The van der Waals surface area contributed by atoms with Crippen LogP contribution in [0.15, 0.2) is 42.5 Å². The van der Waals surface area contributed by atoms with E-state index in [1.54, 1.807) is 38.4 Å². The van der Waals surface area contributed by atoms with Crippen LogP contribution in [0.4, 0.5) is 5.13 Å². The van der Waals surface area contributed by atoms with Crippen molar-refractivity contribution in [3.63, 3.8) is 0 Å². The van der Waals surface area contributed by atoms with Crippen molar-refractivity contribution in [2.24, 2.45) is 0 Å². The Hall–Kier alpha value is -3.10. The fourth-order valence-electron chi connectivity index (χ4n) is 3.51. The molecule has 0 aliphatic heterocycles. The standard InChI is InChI=1S/C25H31N3O4S/c1-6-27(7-2)14-15-28(25-26-19-10-8-9-11-22(19)33-25)23(29)13-12-18-16-20(30-3)24(32-5)21(17-18)31-4/h8-13,16-17H,6-7,14-15H2,1-5H3. The third kappa shape index (κ3) is 5.83. The number of carbonyl (C=O) groups is 1. The molecule has 0 fully saturated rings. The van der Waals surface area contributed by atoms with E-state index in [4.69, 9.17) is 19.2 Å². The van der Waals surface area contributed by atoms with E-state index in [2.05, 4.69) is 18.7 Å². The van der Waals surface area contributed by atoms with Crippen LogP contribution in [-0.4, -0.2) is 63.3 Å². The molecule has 33 heavy (non-hydrogen) atoms. The molecule has 1 amide bonds. The Labute approximate surface area is 199 Å². The van der Waals surface area contributed by atoms with Gasteiger partial charge in [0, 0.05) is 19.2 Å². The second kappa shape index (κ2) is 11.7. The number of benzene rings is 2. The van der Waals surface area contributed by atoms with E-state index >= 15 is 0 Å². The number of ether oxygens (including phenoxy) is 3. The van der Waals surface area contributed by atoms with Gasteiger partial charge in [0.05, 0.1) is 31.5 Å². The van der Waals surface area contributed by atoms with Crippen LogP contribution >= 0.6 is 11.3 Å². The molecule has 0 N–H and O–H groups in total. The molecule has 0 radical (unpaired) electrons. The third-order valence-electron chi connectivity index (χ3n) is 5.42. The summed E-state index contributed by atoms with van der Waals surface area (Å²) in [6.45, 7) is 7.43. The number of anilines is 1. The predicted octanol–water partition coefficient (Wildman–Crippen LogP) is 4.71. The molecule has 0 spiro atoms. The maximum Gasteiger partial charge on any atom is 0.252 e. The highest BCUT2D eigenvalue weighted by Gasteiger charge is 2.19. The number of methoxy groups -OCH3 is 3. The number of likely N-dealkylation sites (N-methyl/N-ethyl adjacent to an activating group) is 1. The molecule has 1 heterocycles. The van der Waals surface area contributed by atoms with Gasteiger partial charge in [-0.3, -0.25) is 9.69 Å². The van der Waals surface area contributed by atoms with Crippen LogP contribution < -0.4 is 19.1 Å². The first-order valence-electron chi connectivity index (χ1n) is 10.9. The Kier molecular flexibility index (Phi) is 8.68. The SMILES string of the molecule is CCN(CC)CCN(C(=O)C=Cc1cc(OC)c(OC)c(OC)c1)c1nc2ccccc2s1. The molecular formula is C25H31N3O4S. The van der Waals surface area contributed by atoms with Crippen molar-refractivity contribution in [2.45, 2.75) is 13.8 Å². The molecule has 1 aromatic heterocycles. The highest BCUT2D eigenvalue weighted by Crippen LogP contribution is 2.38. The molecule has 3 aromatic rings. The van der Waals surface area contributed by atoms with Crippen LogP contribution in [0.25, 0.3) is 16.3 Å². The largest absolute Gasteiger partial charge is 0.493 e. The number of aromatic nitrogens is 1. The van der Waals surface area contributed by atoms with Crippen molar-refractivity contribution in [1.82, 2.24) is 9.88 Å². The van der Waals surface area contributed by atoms with Gasteiger partial charge in [0.15, 0.2) is 16.6 Å². The van der Waals surface area contributed by atoms with Crippen LogP contribution in [0.1, 0.15) is 19.4 Å². The average Bonchev–Trinajstić information content (AvgIpc) is 3.28. The summed E-state index contributed by atoms with van der Waals surface area (Å²) < 4.78 is 17.3. The molecule has 3 rings (SSSR count). The topological polar surface area (TPSA) is 64.1 Å². The van der Waals surface area contributed by atoms with Gasteiger partial charge in [0.2, 0.25) is 5.75 Å². The van der Waals surface area contributed by atoms with E-state index in [9.17, 15) is 4.79 Å². The predicted molar refractivity (Wildman–Crippen MR) is 135 cm³/mol. The number of para-hydroxylation sites is 1. The summed E-state index contributed by atoms with van der Waals surface area (Å²) in [4.78, 5) is 22.1. The van der Waals surface area contributed by atoms with E-state index in [0.29, 0.717) is 28.9 Å². The van der Waals surface area contributed by atoms with Gasteiger partial charge in [-0.2, -0.15) is 0 Å². The summed E-state index contributed by atoms with van der Waals surface area (Å²) in [5, 5.41) is 0.697. The normalized spacial score (nSPS) is 11.3. The molecule has 2 aromatic carbocycles. The van der Waals surface area contributed by atoms with E-state index < -0.39 is 0 Å². The van der Waals surface area contributed by atoms with Crippen molar-refractivity contribution in [3.05, 3.63) is 48.0 Å². The Balaban J connectivity index is 1.90. The first-order chi connectivity index (χ1) is 16.0. The minimum atomic E-state index is -0.130.